The monoisotopic (exact) mass is 467 g/mol. The molecule has 0 saturated carbocycles. The average Bonchev–Trinajstić information content (AvgIpc) is 3.14. The molecule has 0 aliphatic carbocycles. The third-order valence-electron chi connectivity index (χ3n) is 5.68. The molecular weight excluding hydrogens is 438 g/mol. The molecule has 0 amide bonds. The molecule has 2 aromatic rings. The van der Waals surface area contributed by atoms with Gasteiger partial charge in [-0.3, -0.25) is 20.0 Å². The summed E-state index contributed by atoms with van der Waals surface area (Å²) >= 11 is 6.30. The van der Waals surface area contributed by atoms with Crippen molar-refractivity contribution in [2.24, 2.45) is 15.1 Å². The second kappa shape index (κ2) is 10.8. The van der Waals surface area contributed by atoms with Crippen LogP contribution in [0.5, 0.6) is 5.75 Å². The predicted molar refractivity (Wildman–Crippen MR) is 133 cm³/mol. The van der Waals surface area contributed by atoms with Crippen LogP contribution in [0.2, 0.25) is 5.02 Å². The number of hydrazone groups is 1. The number of pyridine rings is 1. The van der Waals surface area contributed by atoms with Gasteiger partial charge >= 0.3 is 0 Å². The van der Waals surface area contributed by atoms with Gasteiger partial charge in [0.15, 0.2) is 0 Å². The molecule has 0 spiro atoms. The van der Waals surface area contributed by atoms with Gasteiger partial charge in [-0.2, -0.15) is 5.10 Å². The van der Waals surface area contributed by atoms with E-state index in [0.717, 1.165) is 47.9 Å². The minimum Gasteiger partial charge on any atom is -0.495 e. The minimum atomic E-state index is -0.0256. The molecule has 0 radical (unpaired) electrons. The summed E-state index contributed by atoms with van der Waals surface area (Å²) in [6.45, 7) is 3.99. The number of nitrogens with one attached hydrogen (secondary N) is 2. The highest BCUT2D eigenvalue weighted by Gasteiger charge is 2.41. The van der Waals surface area contributed by atoms with Crippen molar-refractivity contribution < 1.29 is 4.74 Å². The lowest BCUT2D eigenvalue weighted by molar-refractivity contribution is 0.326. The fraction of sp³-hybridized carbons (Fsp3) is 0.417. The first-order chi connectivity index (χ1) is 16.1. The van der Waals surface area contributed by atoms with Crippen LogP contribution in [-0.4, -0.2) is 60.2 Å². The normalized spacial score (nSPS) is 20.8. The molecule has 4 rings (SSSR count). The fourth-order valence-corrected chi connectivity index (χ4v) is 4.37. The molecule has 0 bridgehead atoms. The summed E-state index contributed by atoms with van der Waals surface area (Å²) in [6.07, 6.45) is 5.60. The number of hydrogen-bond acceptors (Lipinski definition) is 7. The largest absolute Gasteiger partial charge is 0.495 e. The van der Waals surface area contributed by atoms with Crippen molar-refractivity contribution in [1.29, 1.82) is 0 Å². The van der Waals surface area contributed by atoms with E-state index in [2.05, 4.69) is 28.6 Å². The van der Waals surface area contributed by atoms with Crippen molar-refractivity contribution >= 4 is 29.0 Å². The quantitative estimate of drug-likeness (QED) is 0.591. The topological polar surface area (TPSA) is 86.5 Å². The summed E-state index contributed by atoms with van der Waals surface area (Å²) in [6, 6.07) is 9.69. The van der Waals surface area contributed by atoms with Crippen molar-refractivity contribution in [2.75, 3.05) is 20.7 Å². The lowest BCUT2D eigenvalue weighted by atomic mass is 9.99. The summed E-state index contributed by atoms with van der Waals surface area (Å²) in [5.41, 5.74) is 3.25. The molecule has 174 valence electrons. The maximum atomic E-state index is 6.30. The van der Waals surface area contributed by atoms with Gasteiger partial charge in [0.2, 0.25) is 0 Å². The fourth-order valence-electron chi connectivity index (χ4n) is 4.09. The second-order valence-corrected chi connectivity index (χ2v) is 8.55. The van der Waals surface area contributed by atoms with Gasteiger partial charge < -0.3 is 15.4 Å². The van der Waals surface area contributed by atoms with Crippen molar-refractivity contribution in [3.8, 4) is 5.75 Å². The first kappa shape index (κ1) is 23.2. The van der Waals surface area contributed by atoms with Crippen LogP contribution in [0, 0.1) is 0 Å². The van der Waals surface area contributed by atoms with Crippen LogP contribution in [0.25, 0.3) is 0 Å². The van der Waals surface area contributed by atoms with Gasteiger partial charge in [0.1, 0.15) is 29.5 Å². The highest BCUT2D eigenvalue weighted by molar-refractivity contribution is 6.32. The molecule has 2 aliphatic heterocycles. The van der Waals surface area contributed by atoms with Gasteiger partial charge in [0.05, 0.1) is 30.9 Å². The molecule has 2 unspecified atom stereocenters. The van der Waals surface area contributed by atoms with Gasteiger partial charge in [0.25, 0.3) is 0 Å². The third-order valence-corrected chi connectivity index (χ3v) is 5.97. The van der Waals surface area contributed by atoms with Crippen molar-refractivity contribution in [3.05, 3.63) is 58.9 Å². The highest BCUT2D eigenvalue weighted by Crippen LogP contribution is 2.26. The van der Waals surface area contributed by atoms with Crippen molar-refractivity contribution in [3.63, 3.8) is 0 Å². The molecule has 0 fully saturated rings. The number of rotatable bonds is 9. The molecule has 2 aliphatic rings. The van der Waals surface area contributed by atoms with E-state index in [0.29, 0.717) is 23.9 Å². The zero-order valence-electron chi connectivity index (χ0n) is 19.3. The second-order valence-electron chi connectivity index (χ2n) is 8.14. The predicted octanol–water partition coefficient (Wildman–Crippen LogP) is 3.27. The first-order valence-electron chi connectivity index (χ1n) is 11.2. The Bertz CT molecular complexity index is 1050. The molecule has 9 heteroatoms. The lowest BCUT2D eigenvalue weighted by Crippen LogP contribution is -2.55. The number of amidine groups is 2. The van der Waals surface area contributed by atoms with Crippen LogP contribution in [0.1, 0.15) is 30.9 Å². The van der Waals surface area contributed by atoms with E-state index in [1.807, 2.05) is 42.5 Å². The third kappa shape index (κ3) is 5.51. The van der Waals surface area contributed by atoms with Crippen LogP contribution in [0.3, 0.4) is 0 Å². The number of halogens is 1. The molecule has 2 atom stereocenters. The molecule has 3 heterocycles. The van der Waals surface area contributed by atoms with Crippen molar-refractivity contribution in [2.45, 2.75) is 44.9 Å². The number of aromatic nitrogens is 1. The maximum absolute atomic E-state index is 6.30. The number of nitrogens with zero attached hydrogens (tertiary/aromatic N) is 5. The number of hydrogen-bond donors (Lipinski definition) is 2. The Morgan fingerprint density at radius 1 is 1.24 bits per heavy atom. The number of ether oxygens (including phenoxy) is 1. The summed E-state index contributed by atoms with van der Waals surface area (Å²) in [7, 11) is 3.60. The van der Waals surface area contributed by atoms with E-state index in [1.54, 1.807) is 13.3 Å². The average molecular weight is 468 g/mol. The molecule has 33 heavy (non-hydrogen) atoms. The molecular formula is C24H30ClN7O. The molecule has 8 nitrogen and oxygen atoms in total. The standard InChI is InChI=1S/C24H30ClN7O/c1-4-6-19-22-23(32(2)31-19)24(28-14-16-8-9-20(33-3)18(25)11-16)30-21(29-22)15-27-13-17-7-5-10-26-12-17/h5,7-12,22-23,27H,4,6,13-15H2,1-3H3,(H,28,29,30). The summed E-state index contributed by atoms with van der Waals surface area (Å²) in [5.74, 6) is 2.40. The Kier molecular flexibility index (Phi) is 7.57. The van der Waals surface area contributed by atoms with Gasteiger partial charge in [-0.05, 0) is 35.7 Å². The van der Waals surface area contributed by atoms with Crippen LogP contribution in [0.4, 0.5) is 0 Å². The molecule has 2 N–H and O–H groups in total. The summed E-state index contributed by atoms with van der Waals surface area (Å²) < 4.78 is 5.26. The van der Waals surface area contributed by atoms with Crippen LogP contribution in [0.15, 0.2) is 57.8 Å². The summed E-state index contributed by atoms with van der Waals surface area (Å²) in [5, 5.41) is 14.3. The molecule has 1 aromatic heterocycles. The maximum Gasteiger partial charge on any atom is 0.137 e. The Labute approximate surface area is 199 Å². The van der Waals surface area contributed by atoms with E-state index >= 15 is 0 Å². The Balaban J connectivity index is 1.51. The molecule has 1 aromatic carbocycles. The van der Waals surface area contributed by atoms with E-state index in [9.17, 15) is 0 Å². The van der Waals surface area contributed by atoms with E-state index in [-0.39, 0.29) is 12.1 Å². The van der Waals surface area contributed by atoms with Crippen LogP contribution < -0.4 is 15.4 Å². The summed E-state index contributed by atoms with van der Waals surface area (Å²) in [4.78, 5) is 14.1. The first-order valence-corrected chi connectivity index (χ1v) is 11.6. The van der Waals surface area contributed by atoms with E-state index in [4.69, 9.17) is 31.4 Å². The number of fused-ring (bicyclic) bond motifs is 1. The highest BCUT2D eigenvalue weighted by atomic mass is 35.5. The smallest absolute Gasteiger partial charge is 0.137 e. The SMILES string of the molecule is CCCC1=NN(C)C2C(=NCc3ccc(OC)c(Cl)c3)NC(CNCc3cccnc3)=NC12. The van der Waals surface area contributed by atoms with Gasteiger partial charge in [0, 0.05) is 26.0 Å². The number of likely N-dealkylation sites (N-methyl/N-ethyl adjacent to an activating group) is 1. The lowest BCUT2D eigenvalue weighted by Gasteiger charge is -2.31. The van der Waals surface area contributed by atoms with Gasteiger partial charge in [-0.1, -0.05) is 37.1 Å². The van der Waals surface area contributed by atoms with Crippen LogP contribution >= 0.6 is 11.6 Å². The van der Waals surface area contributed by atoms with Gasteiger partial charge in [-0.15, -0.1) is 0 Å². The minimum absolute atomic E-state index is 0.0235. The zero-order valence-corrected chi connectivity index (χ0v) is 20.0. The van der Waals surface area contributed by atoms with E-state index < -0.39 is 0 Å². The Morgan fingerprint density at radius 2 is 2.12 bits per heavy atom. The van der Waals surface area contributed by atoms with E-state index in [1.165, 1.54) is 0 Å². The zero-order chi connectivity index (χ0) is 23.2. The number of methoxy groups -OCH3 is 1. The number of aliphatic imine (C=N–C) groups is 2. The van der Waals surface area contributed by atoms with Gasteiger partial charge in [-0.25, -0.2) is 0 Å². The molecule has 0 saturated heterocycles. The van der Waals surface area contributed by atoms with Crippen LogP contribution in [-0.2, 0) is 13.1 Å². The number of benzene rings is 1. The Hall–Kier alpha value is -2.97. The Morgan fingerprint density at radius 3 is 2.85 bits per heavy atom. The van der Waals surface area contributed by atoms with Crippen molar-refractivity contribution in [1.82, 2.24) is 20.6 Å².